The van der Waals surface area contributed by atoms with Gasteiger partial charge in [-0.1, -0.05) is 25.1 Å². The Morgan fingerprint density at radius 3 is 2.62 bits per heavy atom. The molecule has 0 aliphatic heterocycles. The molecule has 16 heavy (non-hydrogen) atoms. The minimum atomic E-state index is -0.282. The fourth-order valence-corrected chi connectivity index (χ4v) is 1.16. The zero-order valence-corrected chi connectivity index (χ0v) is 9.45. The fraction of sp³-hybridized carbons (Fsp3) is 0.333. The van der Waals surface area contributed by atoms with Gasteiger partial charge in [0.25, 0.3) is 0 Å². The second-order valence-electron chi connectivity index (χ2n) is 3.35. The number of hydrogen-bond acceptors (Lipinski definition) is 3. The number of carbonyl (C=O) groups is 2. The second kappa shape index (κ2) is 5.90. The molecule has 4 nitrogen and oxygen atoms in total. The zero-order valence-electron chi connectivity index (χ0n) is 9.45. The van der Waals surface area contributed by atoms with Crippen molar-refractivity contribution in [3.8, 4) is 5.75 Å². The van der Waals surface area contributed by atoms with Gasteiger partial charge in [0.05, 0.1) is 0 Å². The van der Waals surface area contributed by atoms with Crippen LogP contribution in [0.3, 0.4) is 0 Å². The van der Waals surface area contributed by atoms with E-state index in [4.69, 9.17) is 4.74 Å². The van der Waals surface area contributed by atoms with E-state index in [-0.39, 0.29) is 11.9 Å². The molecular formula is C12H15NO3. The molecule has 0 saturated carbocycles. The van der Waals surface area contributed by atoms with Crippen molar-refractivity contribution >= 4 is 11.9 Å². The second-order valence-corrected chi connectivity index (χ2v) is 3.35. The summed E-state index contributed by atoms with van der Waals surface area (Å²) in [5.41, 5.74) is 0.791. The Hall–Kier alpha value is -1.84. The van der Waals surface area contributed by atoms with Crippen LogP contribution in [0.25, 0.3) is 0 Å². The van der Waals surface area contributed by atoms with E-state index in [1.165, 1.54) is 6.92 Å². The topological polar surface area (TPSA) is 55.4 Å². The minimum absolute atomic E-state index is 0.114. The van der Waals surface area contributed by atoms with Gasteiger partial charge in [0.15, 0.2) is 0 Å². The number of benzene rings is 1. The number of esters is 1. The van der Waals surface area contributed by atoms with Gasteiger partial charge in [-0.25, -0.2) is 0 Å². The van der Waals surface area contributed by atoms with E-state index in [0.29, 0.717) is 18.7 Å². The Morgan fingerprint density at radius 1 is 1.31 bits per heavy atom. The van der Waals surface area contributed by atoms with Crippen LogP contribution in [0.5, 0.6) is 5.75 Å². The van der Waals surface area contributed by atoms with Crippen LogP contribution >= 0.6 is 0 Å². The first-order chi connectivity index (χ1) is 7.63. The van der Waals surface area contributed by atoms with Gasteiger partial charge >= 0.3 is 5.97 Å². The molecule has 86 valence electrons. The van der Waals surface area contributed by atoms with Crippen molar-refractivity contribution in [2.75, 3.05) is 0 Å². The lowest BCUT2D eigenvalue weighted by atomic mass is 10.2. The number of carbonyl (C=O) groups excluding carboxylic acids is 2. The normalized spacial score (nSPS) is 9.62. The molecule has 0 aliphatic rings. The monoisotopic (exact) mass is 221 g/mol. The summed E-state index contributed by atoms with van der Waals surface area (Å²) in [5, 5.41) is 2.66. The van der Waals surface area contributed by atoms with E-state index >= 15 is 0 Å². The van der Waals surface area contributed by atoms with Crippen LogP contribution in [0.4, 0.5) is 0 Å². The first kappa shape index (κ1) is 12.2. The van der Waals surface area contributed by atoms with Gasteiger partial charge in [0.1, 0.15) is 5.75 Å². The van der Waals surface area contributed by atoms with Crippen molar-refractivity contribution in [3.63, 3.8) is 0 Å². The van der Waals surface area contributed by atoms with Crippen LogP contribution in [0.15, 0.2) is 24.3 Å². The number of para-hydroxylation sites is 1. The van der Waals surface area contributed by atoms with Crippen molar-refractivity contribution in [2.24, 2.45) is 0 Å². The third kappa shape index (κ3) is 3.73. The number of ether oxygens (including phenoxy) is 1. The Bertz CT molecular complexity index is 388. The quantitative estimate of drug-likeness (QED) is 0.621. The van der Waals surface area contributed by atoms with Crippen LogP contribution in [-0.2, 0) is 16.1 Å². The molecule has 1 N–H and O–H groups in total. The molecule has 0 fully saturated rings. The highest BCUT2D eigenvalue weighted by molar-refractivity contribution is 5.74. The fourth-order valence-electron chi connectivity index (χ4n) is 1.16. The largest absolute Gasteiger partial charge is 0.426 e. The highest BCUT2D eigenvalue weighted by Crippen LogP contribution is 2.18. The summed E-state index contributed by atoms with van der Waals surface area (Å²) in [6.07, 6.45) is 0.328. The maximum Gasteiger partial charge on any atom is 0.310 e. The van der Waals surface area contributed by atoms with E-state index in [1.54, 1.807) is 19.1 Å². The van der Waals surface area contributed by atoms with Crippen LogP contribution in [-0.4, -0.2) is 11.9 Å². The molecule has 0 heterocycles. The first-order valence-corrected chi connectivity index (χ1v) is 5.16. The molecule has 4 heteroatoms. The Morgan fingerprint density at radius 2 is 2.00 bits per heavy atom. The Labute approximate surface area is 94.6 Å². The SMILES string of the molecule is CCC(=O)Oc1ccccc1CNC(C)=O. The van der Waals surface area contributed by atoms with Crippen LogP contribution in [0.1, 0.15) is 25.8 Å². The summed E-state index contributed by atoms with van der Waals surface area (Å²) in [5.74, 6) is 0.106. The van der Waals surface area contributed by atoms with E-state index in [1.807, 2.05) is 12.1 Å². The van der Waals surface area contributed by atoms with Crippen molar-refractivity contribution in [1.29, 1.82) is 0 Å². The van der Waals surface area contributed by atoms with Crippen molar-refractivity contribution in [1.82, 2.24) is 5.32 Å². The average molecular weight is 221 g/mol. The van der Waals surface area contributed by atoms with Crippen LogP contribution in [0.2, 0.25) is 0 Å². The molecule has 1 aromatic rings. The Balaban J connectivity index is 2.74. The molecule has 0 bridgehead atoms. The number of nitrogens with one attached hydrogen (secondary N) is 1. The van der Waals surface area contributed by atoms with E-state index in [0.717, 1.165) is 5.56 Å². The first-order valence-electron chi connectivity index (χ1n) is 5.16. The van der Waals surface area contributed by atoms with Gasteiger partial charge in [-0.05, 0) is 6.07 Å². The average Bonchev–Trinajstić information content (AvgIpc) is 2.27. The number of hydrogen-bond donors (Lipinski definition) is 1. The van der Waals surface area contributed by atoms with Gasteiger partial charge in [-0.3, -0.25) is 9.59 Å². The maximum absolute atomic E-state index is 11.2. The van der Waals surface area contributed by atoms with Crippen molar-refractivity contribution in [3.05, 3.63) is 29.8 Å². The van der Waals surface area contributed by atoms with Gasteiger partial charge in [0.2, 0.25) is 5.91 Å². The highest BCUT2D eigenvalue weighted by Gasteiger charge is 2.07. The zero-order chi connectivity index (χ0) is 12.0. The number of rotatable bonds is 4. The summed E-state index contributed by atoms with van der Waals surface area (Å²) < 4.78 is 5.14. The molecule has 1 aromatic carbocycles. The lowest BCUT2D eigenvalue weighted by Crippen LogP contribution is -2.19. The summed E-state index contributed by atoms with van der Waals surface area (Å²) in [6.45, 7) is 3.54. The molecule has 0 aliphatic carbocycles. The standard InChI is InChI=1S/C12H15NO3/c1-3-12(15)16-11-7-5-4-6-10(11)8-13-9(2)14/h4-7H,3,8H2,1-2H3,(H,13,14). The highest BCUT2D eigenvalue weighted by atomic mass is 16.5. The van der Waals surface area contributed by atoms with Crippen LogP contribution < -0.4 is 10.1 Å². The number of amides is 1. The van der Waals surface area contributed by atoms with E-state index < -0.39 is 0 Å². The molecule has 0 radical (unpaired) electrons. The Kier molecular flexibility index (Phi) is 4.51. The van der Waals surface area contributed by atoms with Gasteiger partial charge in [0, 0.05) is 25.5 Å². The molecule has 0 aromatic heterocycles. The summed E-state index contributed by atoms with van der Waals surface area (Å²) in [6, 6.07) is 7.15. The smallest absolute Gasteiger partial charge is 0.310 e. The molecule has 0 spiro atoms. The van der Waals surface area contributed by atoms with Crippen LogP contribution in [0, 0.1) is 0 Å². The molecule has 0 atom stereocenters. The maximum atomic E-state index is 11.2. The summed E-state index contributed by atoms with van der Waals surface area (Å²) >= 11 is 0. The molecule has 1 rings (SSSR count). The molecule has 1 amide bonds. The van der Waals surface area contributed by atoms with Crippen molar-refractivity contribution < 1.29 is 14.3 Å². The molecule has 0 saturated heterocycles. The van der Waals surface area contributed by atoms with Crippen molar-refractivity contribution in [2.45, 2.75) is 26.8 Å². The third-order valence-electron chi connectivity index (χ3n) is 2.01. The molecular weight excluding hydrogens is 206 g/mol. The molecule has 0 unspecified atom stereocenters. The third-order valence-corrected chi connectivity index (χ3v) is 2.01. The minimum Gasteiger partial charge on any atom is -0.426 e. The van der Waals surface area contributed by atoms with E-state index in [9.17, 15) is 9.59 Å². The lowest BCUT2D eigenvalue weighted by molar-refractivity contribution is -0.134. The summed E-state index contributed by atoms with van der Waals surface area (Å²) in [7, 11) is 0. The van der Waals surface area contributed by atoms with Gasteiger partial charge in [-0.2, -0.15) is 0 Å². The predicted molar refractivity (Wildman–Crippen MR) is 59.9 cm³/mol. The van der Waals surface area contributed by atoms with E-state index in [2.05, 4.69) is 5.32 Å². The van der Waals surface area contributed by atoms with Gasteiger partial charge < -0.3 is 10.1 Å². The lowest BCUT2D eigenvalue weighted by Gasteiger charge is -2.09. The summed E-state index contributed by atoms with van der Waals surface area (Å²) in [4.78, 5) is 21.9. The predicted octanol–water partition coefficient (Wildman–Crippen LogP) is 1.64. The van der Waals surface area contributed by atoms with Gasteiger partial charge in [-0.15, -0.1) is 0 Å².